The second-order valence-corrected chi connectivity index (χ2v) is 6.18. The van der Waals surface area contributed by atoms with E-state index in [4.69, 9.17) is 18.3 Å². The number of ether oxygens (including phenoxy) is 2. The molecule has 1 aliphatic heterocycles. The van der Waals surface area contributed by atoms with Crippen LogP contribution in [0.15, 0.2) is 11.8 Å². The molecular weight excluding hydrogens is 236 g/mol. The Morgan fingerprint density at radius 1 is 1.35 bits per heavy atom. The van der Waals surface area contributed by atoms with Gasteiger partial charge in [-0.15, -0.1) is 0 Å². The van der Waals surface area contributed by atoms with Gasteiger partial charge in [0, 0.05) is 19.8 Å². The summed E-state index contributed by atoms with van der Waals surface area (Å²) in [6.07, 6.45) is 2.27. The van der Waals surface area contributed by atoms with Crippen molar-refractivity contribution in [1.29, 1.82) is 0 Å². The first-order chi connectivity index (χ1) is 8.27. The molecule has 0 aromatic heterocycles. The molecule has 17 heavy (non-hydrogen) atoms. The summed E-state index contributed by atoms with van der Waals surface area (Å²) < 4.78 is 21.7. The molecule has 0 amide bonds. The van der Waals surface area contributed by atoms with Crippen LogP contribution >= 0.6 is 0 Å². The van der Waals surface area contributed by atoms with Crippen LogP contribution in [0.2, 0.25) is 0 Å². The van der Waals surface area contributed by atoms with Crippen LogP contribution in [-0.2, 0) is 18.3 Å². The van der Waals surface area contributed by atoms with Gasteiger partial charge in [-0.1, -0.05) is 6.58 Å². The lowest BCUT2D eigenvalue weighted by Crippen LogP contribution is -2.26. The second kappa shape index (κ2) is 8.83. The molecule has 1 rings (SSSR count). The predicted octanol–water partition coefficient (Wildman–Crippen LogP) is 1.57. The van der Waals surface area contributed by atoms with Crippen molar-refractivity contribution in [2.45, 2.75) is 32.8 Å². The van der Waals surface area contributed by atoms with Crippen LogP contribution in [0.3, 0.4) is 0 Å². The molecule has 0 saturated carbocycles. The van der Waals surface area contributed by atoms with Crippen LogP contribution in [0.1, 0.15) is 26.7 Å². The molecule has 1 aliphatic rings. The van der Waals surface area contributed by atoms with Crippen LogP contribution in [0, 0.1) is 0 Å². The predicted molar refractivity (Wildman–Crippen MR) is 69.3 cm³/mol. The van der Waals surface area contributed by atoms with Gasteiger partial charge in [-0.2, -0.15) is 0 Å². The van der Waals surface area contributed by atoms with Gasteiger partial charge in [0.2, 0.25) is 0 Å². The average molecular weight is 260 g/mol. The highest BCUT2D eigenvalue weighted by atomic mass is 28.3. The third-order valence-corrected chi connectivity index (χ3v) is 4.69. The molecule has 0 radical (unpaired) electrons. The van der Waals surface area contributed by atoms with E-state index < -0.39 is 9.28 Å². The Bertz CT molecular complexity index is 213. The minimum absolute atomic E-state index is 0.354. The maximum absolute atomic E-state index is 5.61. The maximum atomic E-state index is 5.61. The first kappa shape index (κ1) is 14.9. The van der Waals surface area contributed by atoms with Crippen LogP contribution in [0.25, 0.3) is 0 Å². The van der Waals surface area contributed by atoms with E-state index in [-0.39, 0.29) is 0 Å². The van der Waals surface area contributed by atoms with Gasteiger partial charge in [0.25, 0.3) is 0 Å². The molecule has 5 heteroatoms. The SMILES string of the molecule is C=C(CCCOCC1CO1)[SiH](OCC)OCC. The Morgan fingerprint density at radius 2 is 2.00 bits per heavy atom. The zero-order valence-corrected chi connectivity index (χ0v) is 12.1. The fraction of sp³-hybridized carbons (Fsp3) is 0.833. The average Bonchev–Trinajstić information content (AvgIpc) is 3.12. The van der Waals surface area contributed by atoms with E-state index in [0.717, 1.165) is 37.9 Å². The number of hydrogen-bond acceptors (Lipinski definition) is 4. The maximum Gasteiger partial charge on any atom is 0.351 e. The third-order valence-electron chi connectivity index (χ3n) is 2.46. The zero-order chi connectivity index (χ0) is 12.5. The molecule has 1 atom stereocenters. The molecule has 0 aromatic carbocycles. The van der Waals surface area contributed by atoms with Gasteiger partial charge in [0.1, 0.15) is 6.10 Å². The number of rotatable bonds is 11. The molecule has 4 nitrogen and oxygen atoms in total. The molecule has 1 fully saturated rings. The quantitative estimate of drug-likeness (QED) is 0.321. The van der Waals surface area contributed by atoms with Crippen molar-refractivity contribution in [2.24, 2.45) is 0 Å². The van der Waals surface area contributed by atoms with E-state index in [1.54, 1.807) is 0 Å². The smallest absolute Gasteiger partial charge is 0.351 e. The molecular formula is C12H24O4Si. The summed E-state index contributed by atoms with van der Waals surface area (Å²) in [6, 6.07) is 0. The zero-order valence-electron chi connectivity index (χ0n) is 10.9. The van der Waals surface area contributed by atoms with Crippen molar-refractivity contribution in [1.82, 2.24) is 0 Å². The molecule has 0 aliphatic carbocycles. The van der Waals surface area contributed by atoms with E-state index in [1.165, 1.54) is 0 Å². The lowest BCUT2D eigenvalue weighted by Gasteiger charge is -2.17. The summed E-state index contributed by atoms with van der Waals surface area (Å²) >= 11 is 0. The summed E-state index contributed by atoms with van der Waals surface area (Å²) in [4.78, 5) is 0. The molecule has 0 spiro atoms. The topological polar surface area (TPSA) is 40.2 Å². The summed E-state index contributed by atoms with van der Waals surface area (Å²) in [5.74, 6) is 0. The van der Waals surface area contributed by atoms with Gasteiger partial charge in [-0.25, -0.2) is 0 Å². The van der Waals surface area contributed by atoms with Gasteiger partial charge >= 0.3 is 9.28 Å². The highest BCUT2D eigenvalue weighted by Crippen LogP contribution is 2.11. The minimum atomic E-state index is -1.66. The highest BCUT2D eigenvalue weighted by molar-refractivity contribution is 6.53. The summed E-state index contributed by atoms with van der Waals surface area (Å²) in [5, 5.41) is 1.12. The Morgan fingerprint density at radius 3 is 2.53 bits per heavy atom. The van der Waals surface area contributed by atoms with Gasteiger partial charge in [0.15, 0.2) is 0 Å². The Kier molecular flexibility index (Phi) is 7.71. The van der Waals surface area contributed by atoms with Crippen molar-refractivity contribution < 1.29 is 18.3 Å². The molecule has 0 aromatic rings. The van der Waals surface area contributed by atoms with Gasteiger partial charge < -0.3 is 18.3 Å². The first-order valence-electron chi connectivity index (χ1n) is 6.38. The van der Waals surface area contributed by atoms with Gasteiger partial charge in [-0.05, 0) is 31.9 Å². The van der Waals surface area contributed by atoms with Crippen molar-refractivity contribution in [3.05, 3.63) is 11.8 Å². The fourth-order valence-corrected chi connectivity index (χ4v) is 3.10. The lowest BCUT2D eigenvalue weighted by molar-refractivity contribution is 0.114. The van der Waals surface area contributed by atoms with Gasteiger partial charge in [0.05, 0.1) is 13.2 Å². The Hall–Kier alpha value is -0.203. The summed E-state index contributed by atoms with van der Waals surface area (Å²) in [5.41, 5.74) is 0. The van der Waals surface area contributed by atoms with Crippen molar-refractivity contribution >= 4 is 9.28 Å². The van der Waals surface area contributed by atoms with E-state index in [0.29, 0.717) is 19.3 Å². The highest BCUT2D eigenvalue weighted by Gasteiger charge is 2.22. The summed E-state index contributed by atoms with van der Waals surface area (Å²) in [7, 11) is -1.66. The molecule has 1 saturated heterocycles. The monoisotopic (exact) mass is 260 g/mol. The number of epoxide rings is 1. The first-order valence-corrected chi connectivity index (χ1v) is 7.90. The van der Waals surface area contributed by atoms with Crippen molar-refractivity contribution in [3.63, 3.8) is 0 Å². The van der Waals surface area contributed by atoms with Gasteiger partial charge in [-0.3, -0.25) is 0 Å². The van der Waals surface area contributed by atoms with Crippen molar-refractivity contribution in [2.75, 3.05) is 33.0 Å². The van der Waals surface area contributed by atoms with E-state index in [9.17, 15) is 0 Å². The number of allylic oxidation sites excluding steroid dienone is 1. The fourth-order valence-electron chi connectivity index (χ4n) is 1.48. The molecule has 100 valence electrons. The molecule has 1 heterocycles. The van der Waals surface area contributed by atoms with E-state index in [1.807, 2.05) is 13.8 Å². The second-order valence-electron chi connectivity index (χ2n) is 4.03. The van der Waals surface area contributed by atoms with E-state index >= 15 is 0 Å². The van der Waals surface area contributed by atoms with Crippen molar-refractivity contribution in [3.8, 4) is 0 Å². The third kappa shape index (κ3) is 6.95. The van der Waals surface area contributed by atoms with Crippen LogP contribution in [-0.4, -0.2) is 48.4 Å². The van der Waals surface area contributed by atoms with Crippen LogP contribution in [0.5, 0.6) is 0 Å². The molecule has 0 bridgehead atoms. The summed E-state index contributed by atoms with van der Waals surface area (Å²) in [6.45, 7) is 11.8. The Labute approximate surface area is 106 Å². The minimum Gasteiger partial charge on any atom is -0.394 e. The lowest BCUT2D eigenvalue weighted by atomic mass is 10.3. The normalized spacial score (nSPS) is 18.6. The number of hydrogen-bond donors (Lipinski definition) is 0. The van der Waals surface area contributed by atoms with Crippen LogP contribution < -0.4 is 0 Å². The largest absolute Gasteiger partial charge is 0.394 e. The Balaban J connectivity index is 2.03. The van der Waals surface area contributed by atoms with E-state index in [2.05, 4.69) is 6.58 Å². The van der Waals surface area contributed by atoms with Crippen LogP contribution in [0.4, 0.5) is 0 Å². The molecule has 0 N–H and O–H groups in total. The molecule has 1 unspecified atom stereocenters. The standard InChI is InChI=1S/C12H24O4Si/c1-4-15-17(16-5-2)11(3)7-6-8-13-9-12-10-14-12/h12,17H,3-10H2,1-2H3.